The van der Waals surface area contributed by atoms with Gasteiger partial charge in [0.05, 0.1) is 11.0 Å². The van der Waals surface area contributed by atoms with Crippen molar-refractivity contribution in [3.8, 4) is 0 Å². The quantitative estimate of drug-likeness (QED) is 0.670. The molecule has 2 rings (SSSR count). The molecule has 0 saturated heterocycles. The fourth-order valence-electron chi connectivity index (χ4n) is 1.93. The highest BCUT2D eigenvalue weighted by atomic mass is 79.9. The summed E-state index contributed by atoms with van der Waals surface area (Å²) in [5, 5.41) is 14.2. The van der Waals surface area contributed by atoms with Gasteiger partial charge in [0.1, 0.15) is 0 Å². The molecule has 0 amide bonds. The third-order valence-corrected chi connectivity index (χ3v) is 3.56. The Morgan fingerprint density at radius 1 is 1.30 bits per heavy atom. The van der Waals surface area contributed by atoms with Crippen LogP contribution in [0.2, 0.25) is 0 Å². The predicted octanol–water partition coefficient (Wildman–Crippen LogP) is 4.23. The predicted molar refractivity (Wildman–Crippen MR) is 81.8 cm³/mol. The maximum atomic E-state index is 11.1. The van der Waals surface area contributed by atoms with Gasteiger partial charge in [-0.15, -0.1) is 0 Å². The number of nitrogens with one attached hydrogen (secondary N) is 1. The summed E-state index contributed by atoms with van der Waals surface area (Å²) in [6, 6.07) is 9.36. The van der Waals surface area contributed by atoms with Gasteiger partial charge >= 0.3 is 5.69 Å². The Morgan fingerprint density at radius 2 is 1.95 bits per heavy atom. The second kappa shape index (κ2) is 6.00. The van der Waals surface area contributed by atoms with Crippen molar-refractivity contribution in [1.29, 1.82) is 0 Å². The number of pyridine rings is 1. The van der Waals surface area contributed by atoms with E-state index in [0.29, 0.717) is 11.4 Å². The van der Waals surface area contributed by atoms with Crippen molar-refractivity contribution in [3.05, 3.63) is 62.2 Å². The first-order chi connectivity index (χ1) is 9.49. The summed E-state index contributed by atoms with van der Waals surface area (Å²) in [5.41, 5.74) is 1.65. The molecule has 2 aromatic rings. The van der Waals surface area contributed by atoms with E-state index in [1.165, 1.54) is 0 Å². The maximum Gasteiger partial charge on any atom is 0.314 e. The number of nitro groups is 1. The van der Waals surface area contributed by atoms with E-state index >= 15 is 0 Å². The number of hydrogen-bond acceptors (Lipinski definition) is 4. The monoisotopic (exact) mass is 335 g/mol. The average Bonchev–Trinajstić information content (AvgIpc) is 2.39. The lowest BCUT2D eigenvalue weighted by molar-refractivity contribution is -0.384. The van der Waals surface area contributed by atoms with Gasteiger partial charge in [0, 0.05) is 16.2 Å². The van der Waals surface area contributed by atoms with Crippen LogP contribution in [0, 0.1) is 17.0 Å². The van der Waals surface area contributed by atoms with Crippen molar-refractivity contribution in [2.45, 2.75) is 19.9 Å². The number of nitrogens with zero attached hydrogens (tertiary/aromatic N) is 2. The molecule has 20 heavy (non-hydrogen) atoms. The maximum absolute atomic E-state index is 11.1. The first kappa shape index (κ1) is 14.5. The third-order valence-electron chi connectivity index (χ3n) is 3.03. The first-order valence-electron chi connectivity index (χ1n) is 6.11. The molecule has 1 aromatic heterocycles. The Bertz CT molecular complexity index is 629. The topological polar surface area (TPSA) is 68.1 Å². The molecule has 1 unspecified atom stereocenters. The van der Waals surface area contributed by atoms with Crippen molar-refractivity contribution in [3.63, 3.8) is 0 Å². The van der Waals surface area contributed by atoms with Crippen molar-refractivity contribution >= 4 is 27.4 Å². The summed E-state index contributed by atoms with van der Waals surface area (Å²) in [4.78, 5) is 14.8. The average molecular weight is 336 g/mol. The number of aryl methyl sites for hydroxylation is 1. The molecule has 1 N–H and O–H groups in total. The van der Waals surface area contributed by atoms with Crippen LogP contribution in [-0.4, -0.2) is 9.91 Å². The van der Waals surface area contributed by atoms with E-state index in [4.69, 9.17) is 0 Å². The normalized spacial score (nSPS) is 11.9. The Morgan fingerprint density at radius 3 is 2.55 bits per heavy atom. The van der Waals surface area contributed by atoms with Crippen LogP contribution in [0.25, 0.3) is 0 Å². The highest BCUT2D eigenvalue weighted by molar-refractivity contribution is 9.10. The van der Waals surface area contributed by atoms with Gasteiger partial charge in [-0.05, 0) is 37.6 Å². The fourth-order valence-corrected chi connectivity index (χ4v) is 2.19. The lowest BCUT2D eigenvalue weighted by Crippen LogP contribution is -2.10. The molecule has 6 heteroatoms. The van der Waals surface area contributed by atoms with Gasteiger partial charge in [-0.2, -0.15) is 0 Å². The molecule has 0 aliphatic rings. The van der Waals surface area contributed by atoms with Crippen LogP contribution in [0.5, 0.6) is 0 Å². The third kappa shape index (κ3) is 3.14. The van der Waals surface area contributed by atoms with Gasteiger partial charge in [0.25, 0.3) is 0 Å². The van der Waals surface area contributed by atoms with E-state index in [2.05, 4.69) is 26.2 Å². The van der Waals surface area contributed by atoms with Crippen LogP contribution in [0.1, 0.15) is 24.1 Å². The molecule has 1 aromatic carbocycles. The van der Waals surface area contributed by atoms with Crippen LogP contribution in [0.3, 0.4) is 0 Å². The minimum absolute atomic E-state index is 0.0245. The molecule has 0 bridgehead atoms. The minimum Gasteiger partial charge on any atom is -0.358 e. The van der Waals surface area contributed by atoms with E-state index in [9.17, 15) is 10.1 Å². The number of halogens is 1. The lowest BCUT2D eigenvalue weighted by Gasteiger charge is -2.15. The molecule has 0 radical (unpaired) electrons. The SMILES string of the molecule is Cc1ccnc(NC(C)c2ccc(Br)cc2)c1[N+](=O)[O-]. The molecule has 5 nitrogen and oxygen atoms in total. The second-order valence-corrected chi connectivity index (χ2v) is 5.42. The van der Waals surface area contributed by atoms with Gasteiger partial charge in [-0.3, -0.25) is 10.1 Å². The second-order valence-electron chi connectivity index (χ2n) is 4.50. The Hall–Kier alpha value is -1.95. The largest absolute Gasteiger partial charge is 0.358 e. The highest BCUT2D eigenvalue weighted by Crippen LogP contribution is 2.29. The number of rotatable bonds is 4. The van der Waals surface area contributed by atoms with Crippen LogP contribution in [0.15, 0.2) is 41.0 Å². The molecular weight excluding hydrogens is 322 g/mol. The van der Waals surface area contributed by atoms with Gasteiger partial charge in [0.15, 0.2) is 0 Å². The van der Waals surface area contributed by atoms with Crippen LogP contribution in [-0.2, 0) is 0 Å². The van der Waals surface area contributed by atoms with Crippen LogP contribution >= 0.6 is 15.9 Å². The van der Waals surface area contributed by atoms with Crippen molar-refractivity contribution in [2.75, 3.05) is 5.32 Å². The number of aromatic nitrogens is 1. The van der Waals surface area contributed by atoms with Gasteiger partial charge in [-0.1, -0.05) is 28.1 Å². The number of benzene rings is 1. The molecule has 0 fully saturated rings. The molecule has 0 spiro atoms. The minimum atomic E-state index is -0.404. The number of hydrogen-bond donors (Lipinski definition) is 1. The van der Waals surface area contributed by atoms with Crippen molar-refractivity contribution in [1.82, 2.24) is 4.98 Å². The molecule has 0 aliphatic heterocycles. The molecule has 1 heterocycles. The zero-order chi connectivity index (χ0) is 14.7. The van der Waals surface area contributed by atoms with Crippen LogP contribution < -0.4 is 5.32 Å². The van der Waals surface area contributed by atoms with Crippen molar-refractivity contribution < 1.29 is 4.92 Å². The van der Waals surface area contributed by atoms with Crippen molar-refractivity contribution in [2.24, 2.45) is 0 Å². The molecule has 1 atom stereocenters. The summed E-state index contributed by atoms with van der Waals surface area (Å²) < 4.78 is 0.994. The molecule has 0 saturated carbocycles. The lowest BCUT2D eigenvalue weighted by atomic mass is 10.1. The number of anilines is 1. The zero-order valence-electron chi connectivity index (χ0n) is 11.1. The smallest absolute Gasteiger partial charge is 0.314 e. The van der Waals surface area contributed by atoms with Gasteiger partial charge in [0.2, 0.25) is 5.82 Å². The molecule has 104 valence electrons. The highest BCUT2D eigenvalue weighted by Gasteiger charge is 2.20. The zero-order valence-corrected chi connectivity index (χ0v) is 12.7. The summed E-state index contributed by atoms with van der Waals surface area (Å²) in [6.45, 7) is 3.65. The Kier molecular flexibility index (Phi) is 4.34. The summed E-state index contributed by atoms with van der Waals surface area (Å²) >= 11 is 3.38. The van der Waals surface area contributed by atoms with E-state index in [0.717, 1.165) is 10.0 Å². The van der Waals surface area contributed by atoms with E-state index < -0.39 is 4.92 Å². The summed E-state index contributed by atoms with van der Waals surface area (Å²) in [6.07, 6.45) is 1.57. The molecular formula is C14H14BrN3O2. The molecule has 0 aliphatic carbocycles. The van der Waals surface area contributed by atoms with Gasteiger partial charge < -0.3 is 5.32 Å². The van der Waals surface area contributed by atoms with E-state index in [1.807, 2.05) is 31.2 Å². The summed E-state index contributed by atoms with van der Waals surface area (Å²) in [7, 11) is 0. The Labute approximate surface area is 125 Å². The fraction of sp³-hybridized carbons (Fsp3) is 0.214. The van der Waals surface area contributed by atoms with E-state index in [1.54, 1.807) is 19.2 Å². The first-order valence-corrected chi connectivity index (χ1v) is 6.90. The summed E-state index contributed by atoms with van der Waals surface area (Å²) in [5.74, 6) is 0.297. The standard InChI is InChI=1S/C14H14BrN3O2/c1-9-7-8-16-14(13(9)18(19)20)17-10(2)11-3-5-12(15)6-4-11/h3-8,10H,1-2H3,(H,16,17). The Balaban J connectivity index is 2.28. The van der Waals surface area contributed by atoms with Gasteiger partial charge in [-0.25, -0.2) is 4.98 Å². The van der Waals surface area contributed by atoms with E-state index in [-0.39, 0.29) is 11.7 Å². The van der Waals surface area contributed by atoms with Crippen LogP contribution in [0.4, 0.5) is 11.5 Å².